The van der Waals surface area contributed by atoms with Crippen LogP contribution in [0.5, 0.6) is 0 Å². The molecule has 2 aliphatic heterocycles. The number of rotatable bonds is 5. The van der Waals surface area contributed by atoms with Gasteiger partial charge in [-0.15, -0.1) is 0 Å². The van der Waals surface area contributed by atoms with Crippen LogP contribution in [0.2, 0.25) is 0 Å². The standard InChI is InChI=1S/C26H28F4N2O3/c1-16-5-2-7-20(27)22(16)24(33)32-14-3-6-19(25(34)35)23(32)18-11-9-17(10-12-18)15-31-13-4-8-21(31)26(28,29)30/h2,5,7,9-12,19,21,23H,3-4,6,8,13-15H2,1H3,(H,34,35). The van der Waals surface area contributed by atoms with Crippen molar-refractivity contribution >= 4 is 11.9 Å². The van der Waals surface area contributed by atoms with Crippen LogP contribution in [-0.4, -0.2) is 52.1 Å². The van der Waals surface area contributed by atoms with Crippen molar-refractivity contribution in [1.29, 1.82) is 0 Å². The van der Waals surface area contributed by atoms with E-state index in [-0.39, 0.29) is 25.1 Å². The normalized spacial score (nSPS) is 23.5. The highest BCUT2D eigenvalue weighted by Crippen LogP contribution is 2.38. The van der Waals surface area contributed by atoms with Crippen LogP contribution in [0, 0.1) is 18.7 Å². The molecular formula is C26H28F4N2O3. The fourth-order valence-electron chi connectivity index (χ4n) is 5.38. The minimum absolute atomic E-state index is 0.0765. The lowest BCUT2D eigenvalue weighted by Gasteiger charge is -2.40. The van der Waals surface area contributed by atoms with E-state index in [1.54, 1.807) is 37.3 Å². The van der Waals surface area contributed by atoms with Crippen LogP contribution in [0.1, 0.15) is 58.8 Å². The quantitative estimate of drug-likeness (QED) is 0.573. The van der Waals surface area contributed by atoms with Gasteiger partial charge in [-0.05, 0) is 61.9 Å². The second-order valence-corrected chi connectivity index (χ2v) is 9.37. The lowest BCUT2D eigenvalue weighted by Crippen LogP contribution is -2.45. The third-order valence-corrected chi connectivity index (χ3v) is 7.09. The topological polar surface area (TPSA) is 60.9 Å². The van der Waals surface area contributed by atoms with Crippen LogP contribution >= 0.6 is 0 Å². The molecule has 9 heteroatoms. The minimum Gasteiger partial charge on any atom is -0.481 e. The van der Waals surface area contributed by atoms with E-state index in [1.165, 1.54) is 21.9 Å². The number of halogens is 4. The number of piperidine rings is 1. The Balaban J connectivity index is 1.61. The zero-order chi connectivity index (χ0) is 25.3. The number of hydrogen-bond donors (Lipinski definition) is 1. The monoisotopic (exact) mass is 492 g/mol. The second kappa shape index (κ2) is 9.97. The molecule has 2 aromatic carbocycles. The third-order valence-electron chi connectivity index (χ3n) is 7.09. The molecule has 2 saturated heterocycles. The third kappa shape index (κ3) is 5.19. The summed E-state index contributed by atoms with van der Waals surface area (Å²) in [7, 11) is 0. The summed E-state index contributed by atoms with van der Waals surface area (Å²) in [6.07, 6.45) is -2.88. The van der Waals surface area contributed by atoms with E-state index in [1.807, 2.05) is 0 Å². The summed E-state index contributed by atoms with van der Waals surface area (Å²) in [5.74, 6) is -3.15. The number of nitrogens with zero attached hydrogens (tertiary/aromatic N) is 2. The Morgan fingerprint density at radius 2 is 1.71 bits per heavy atom. The molecule has 2 aliphatic rings. The SMILES string of the molecule is Cc1cccc(F)c1C(=O)N1CCCC(C(=O)O)C1c1ccc(CN2CCCC2C(F)(F)F)cc1. The van der Waals surface area contributed by atoms with Crippen LogP contribution in [-0.2, 0) is 11.3 Å². The first-order chi connectivity index (χ1) is 16.6. The van der Waals surface area contributed by atoms with Gasteiger partial charge >= 0.3 is 12.1 Å². The minimum atomic E-state index is -4.28. The average Bonchev–Trinajstić information content (AvgIpc) is 3.28. The number of aryl methyl sites for hydroxylation is 1. The van der Waals surface area contributed by atoms with Gasteiger partial charge in [0.1, 0.15) is 11.9 Å². The number of carboxylic acid groups (broad SMARTS) is 1. The van der Waals surface area contributed by atoms with Crippen molar-refractivity contribution in [3.05, 3.63) is 70.5 Å². The lowest BCUT2D eigenvalue weighted by molar-refractivity contribution is -0.177. The predicted octanol–water partition coefficient (Wildman–Crippen LogP) is 5.34. The molecule has 0 radical (unpaired) electrons. The molecule has 35 heavy (non-hydrogen) atoms. The number of alkyl halides is 3. The van der Waals surface area contributed by atoms with Crippen LogP contribution in [0.3, 0.4) is 0 Å². The first-order valence-electron chi connectivity index (χ1n) is 11.8. The Kier molecular flexibility index (Phi) is 7.17. The van der Waals surface area contributed by atoms with Gasteiger partial charge < -0.3 is 10.0 Å². The molecule has 0 aliphatic carbocycles. The Labute approximate surface area is 201 Å². The van der Waals surface area contributed by atoms with Crippen molar-refractivity contribution in [2.24, 2.45) is 5.92 Å². The maximum absolute atomic E-state index is 14.6. The number of aliphatic carboxylic acids is 1. The number of carbonyl (C=O) groups excluding carboxylic acids is 1. The summed E-state index contributed by atoms with van der Waals surface area (Å²) < 4.78 is 54.4. The molecule has 0 spiro atoms. The molecule has 188 valence electrons. The Hall–Kier alpha value is -2.94. The molecule has 0 bridgehead atoms. The number of amides is 1. The number of likely N-dealkylation sites (tertiary alicyclic amines) is 2. The fraction of sp³-hybridized carbons (Fsp3) is 0.462. The van der Waals surface area contributed by atoms with Crippen molar-refractivity contribution < 1.29 is 32.3 Å². The van der Waals surface area contributed by atoms with Gasteiger partial charge in [0.2, 0.25) is 0 Å². The first kappa shape index (κ1) is 25.2. The van der Waals surface area contributed by atoms with Crippen LogP contribution < -0.4 is 0 Å². The van der Waals surface area contributed by atoms with E-state index in [9.17, 15) is 32.3 Å². The summed E-state index contributed by atoms with van der Waals surface area (Å²) in [6.45, 7) is 2.41. The van der Waals surface area contributed by atoms with Gasteiger partial charge in [-0.3, -0.25) is 14.5 Å². The molecule has 1 amide bonds. The summed E-state index contributed by atoms with van der Waals surface area (Å²) >= 11 is 0. The Morgan fingerprint density at radius 3 is 2.34 bits per heavy atom. The molecule has 1 N–H and O–H groups in total. The zero-order valence-electron chi connectivity index (χ0n) is 19.4. The maximum atomic E-state index is 14.6. The van der Waals surface area contributed by atoms with Gasteiger partial charge in [0.25, 0.3) is 5.91 Å². The van der Waals surface area contributed by atoms with E-state index >= 15 is 0 Å². The van der Waals surface area contributed by atoms with E-state index < -0.39 is 41.9 Å². The lowest BCUT2D eigenvalue weighted by atomic mass is 9.83. The van der Waals surface area contributed by atoms with Crippen molar-refractivity contribution in [1.82, 2.24) is 9.80 Å². The number of hydrogen-bond acceptors (Lipinski definition) is 3. The average molecular weight is 493 g/mol. The summed E-state index contributed by atoms with van der Waals surface area (Å²) in [4.78, 5) is 28.3. The van der Waals surface area contributed by atoms with Crippen molar-refractivity contribution in [3.8, 4) is 0 Å². The summed E-state index contributed by atoms with van der Waals surface area (Å²) in [5.41, 5.74) is 1.63. The molecule has 3 atom stereocenters. The molecule has 2 aromatic rings. The van der Waals surface area contributed by atoms with Gasteiger partial charge in [-0.25, -0.2) is 4.39 Å². The van der Waals surface area contributed by atoms with Gasteiger partial charge in [-0.2, -0.15) is 13.2 Å². The largest absolute Gasteiger partial charge is 0.481 e. The van der Waals surface area contributed by atoms with E-state index in [4.69, 9.17) is 0 Å². The van der Waals surface area contributed by atoms with E-state index in [0.29, 0.717) is 42.5 Å². The molecule has 2 fully saturated rings. The summed E-state index contributed by atoms with van der Waals surface area (Å²) in [5, 5.41) is 9.87. The Morgan fingerprint density at radius 1 is 1.03 bits per heavy atom. The molecule has 0 saturated carbocycles. The number of carbonyl (C=O) groups is 2. The predicted molar refractivity (Wildman–Crippen MR) is 121 cm³/mol. The van der Waals surface area contributed by atoms with E-state index in [2.05, 4.69) is 0 Å². The summed E-state index contributed by atoms with van der Waals surface area (Å²) in [6, 6.07) is 8.80. The fourth-order valence-corrected chi connectivity index (χ4v) is 5.38. The highest BCUT2D eigenvalue weighted by atomic mass is 19.4. The van der Waals surface area contributed by atoms with E-state index in [0.717, 1.165) is 0 Å². The zero-order valence-corrected chi connectivity index (χ0v) is 19.4. The maximum Gasteiger partial charge on any atom is 0.404 e. The number of carboxylic acids is 1. The van der Waals surface area contributed by atoms with Crippen molar-refractivity contribution in [2.75, 3.05) is 13.1 Å². The van der Waals surface area contributed by atoms with Crippen LogP contribution in [0.15, 0.2) is 42.5 Å². The highest BCUT2D eigenvalue weighted by molar-refractivity contribution is 5.96. The van der Waals surface area contributed by atoms with Crippen LogP contribution in [0.4, 0.5) is 17.6 Å². The first-order valence-corrected chi connectivity index (χ1v) is 11.8. The van der Waals surface area contributed by atoms with Gasteiger partial charge in [-0.1, -0.05) is 36.4 Å². The van der Waals surface area contributed by atoms with Gasteiger partial charge in [0.05, 0.1) is 17.5 Å². The molecule has 2 heterocycles. The van der Waals surface area contributed by atoms with Crippen molar-refractivity contribution in [2.45, 2.75) is 57.4 Å². The second-order valence-electron chi connectivity index (χ2n) is 9.37. The smallest absolute Gasteiger partial charge is 0.404 e. The molecular weight excluding hydrogens is 464 g/mol. The van der Waals surface area contributed by atoms with Gasteiger partial charge in [0.15, 0.2) is 0 Å². The molecule has 5 nitrogen and oxygen atoms in total. The number of benzene rings is 2. The molecule has 4 rings (SSSR count). The molecule has 0 aromatic heterocycles. The van der Waals surface area contributed by atoms with Crippen LogP contribution in [0.25, 0.3) is 0 Å². The Bertz CT molecular complexity index is 1070. The highest BCUT2D eigenvalue weighted by Gasteiger charge is 2.45. The van der Waals surface area contributed by atoms with Gasteiger partial charge in [0, 0.05) is 13.1 Å². The molecule has 3 unspecified atom stereocenters. The van der Waals surface area contributed by atoms with Crippen molar-refractivity contribution in [3.63, 3.8) is 0 Å².